The Hall–Kier alpha value is -2.20. The Kier molecular flexibility index (Phi) is 4.64. The number of carboxylic acids is 1. The lowest BCUT2D eigenvalue weighted by atomic mass is 10.2. The SMILES string of the molecule is O=C(O)CN(Cc1ccccc1)Cc1cccnc1. The molecule has 0 aliphatic heterocycles. The first-order chi connectivity index (χ1) is 9.24. The van der Waals surface area contributed by atoms with Gasteiger partial charge in [0.15, 0.2) is 0 Å². The molecule has 1 aromatic carbocycles. The smallest absolute Gasteiger partial charge is 0.317 e. The van der Waals surface area contributed by atoms with Crippen molar-refractivity contribution in [2.45, 2.75) is 13.1 Å². The van der Waals surface area contributed by atoms with E-state index in [-0.39, 0.29) is 6.54 Å². The number of aromatic nitrogens is 1. The molecule has 0 bridgehead atoms. The van der Waals surface area contributed by atoms with Crippen LogP contribution >= 0.6 is 0 Å². The molecule has 1 aromatic heterocycles. The summed E-state index contributed by atoms with van der Waals surface area (Å²) >= 11 is 0. The quantitative estimate of drug-likeness (QED) is 0.860. The molecule has 0 aliphatic carbocycles. The third-order valence-corrected chi connectivity index (χ3v) is 2.74. The van der Waals surface area contributed by atoms with Crippen molar-refractivity contribution in [3.05, 3.63) is 66.0 Å². The van der Waals surface area contributed by atoms with E-state index in [4.69, 9.17) is 5.11 Å². The van der Waals surface area contributed by atoms with Gasteiger partial charge in [-0.15, -0.1) is 0 Å². The maximum atomic E-state index is 10.9. The van der Waals surface area contributed by atoms with Crippen molar-refractivity contribution in [3.63, 3.8) is 0 Å². The van der Waals surface area contributed by atoms with E-state index in [0.717, 1.165) is 11.1 Å². The standard InChI is InChI=1S/C15H16N2O2/c18-15(19)12-17(10-13-5-2-1-3-6-13)11-14-7-4-8-16-9-14/h1-9H,10-12H2,(H,18,19). The van der Waals surface area contributed by atoms with E-state index in [1.165, 1.54) is 0 Å². The zero-order valence-corrected chi connectivity index (χ0v) is 10.6. The minimum Gasteiger partial charge on any atom is -0.480 e. The second-order valence-corrected chi connectivity index (χ2v) is 4.39. The van der Waals surface area contributed by atoms with E-state index in [2.05, 4.69) is 4.98 Å². The van der Waals surface area contributed by atoms with Gasteiger partial charge in [0.2, 0.25) is 0 Å². The first-order valence-electron chi connectivity index (χ1n) is 6.11. The Morgan fingerprint density at radius 1 is 1.05 bits per heavy atom. The van der Waals surface area contributed by atoms with Gasteiger partial charge in [-0.1, -0.05) is 36.4 Å². The van der Waals surface area contributed by atoms with Crippen molar-refractivity contribution in [2.75, 3.05) is 6.54 Å². The Bertz CT molecular complexity index is 473. The normalized spacial score (nSPS) is 10.6. The summed E-state index contributed by atoms with van der Waals surface area (Å²) in [6.45, 7) is 1.21. The molecule has 19 heavy (non-hydrogen) atoms. The zero-order valence-electron chi connectivity index (χ0n) is 10.6. The first-order valence-corrected chi connectivity index (χ1v) is 6.11. The van der Waals surface area contributed by atoms with Crippen LogP contribution in [0.1, 0.15) is 11.1 Å². The number of hydrogen-bond acceptors (Lipinski definition) is 3. The van der Waals surface area contributed by atoms with Gasteiger partial charge in [0.05, 0.1) is 6.54 Å². The third-order valence-electron chi connectivity index (χ3n) is 2.74. The van der Waals surface area contributed by atoms with Crippen molar-refractivity contribution in [1.29, 1.82) is 0 Å². The molecule has 2 aromatic rings. The summed E-state index contributed by atoms with van der Waals surface area (Å²) in [6.07, 6.45) is 3.47. The molecule has 0 radical (unpaired) electrons. The van der Waals surface area contributed by atoms with E-state index in [9.17, 15) is 4.79 Å². The number of carbonyl (C=O) groups is 1. The molecule has 0 saturated heterocycles. The van der Waals surface area contributed by atoms with Crippen LogP contribution in [0.4, 0.5) is 0 Å². The molecule has 1 N–H and O–H groups in total. The molecule has 0 spiro atoms. The average molecular weight is 256 g/mol. The highest BCUT2D eigenvalue weighted by Crippen LogP contribution is 2.08. The van der Waals surface area contributed by atoms with E-state index < -0.39 is 5.97 Å². The first kappa shape index (κ1) is 13.2. The Balaban J connectivity index is 2.06. The van der Waals surface area contributed by atoms with Gasteiger partial charge in [-0.2, -0.15) is 0 Å². The van der Waals surface area contributed by atoms with Crippen LogP contribution in [0, 0.1) is 0 Å². The minimum atomic E-state index is -0.820. The molecule has 0 unspecified atom stereocenters. The Labute approximate surface area is 112 Å². The summed E-state index contributed by atoms with van der Waals surface area (Å²) in [6, 6.07) is 13.7. The number of pyridine rings is 1. The van der Waals surface area contributed by atoms with Crippen LogP contribution in [-0.2, 0) is 17.9 Å². The van der Waals surface area contributed by atoms with E-state index in [1.807, 2.05) is 47.4 Å². The fourth-order valence-corrected chi connectivity index (χ4v) is 1.95. The Morgan fingerprint density at radius 2 is 1.74 bits per heavy atom. The molecule has 0 atom stereocenters. The van der Waals surface area contributed by atoms with E-state index in [1.54, 1.807) is 12.4 Å². The third kappa shape index (κ3) is 4.52. The zero-order chi connectivity index (χ0) is 13.5. The van der Waals surface area contributed by atoms with Crippen molar-refractivity contribution < 1.29 is 9.90 Å². The van der Waals surface area contributed by atoms with Crippen LogP contribution in [-0.4, -0.2) is 27.5 Å². The molecule has 1 heterocycles. The molecule has 98 valence electrons. The monoisotopic (exact) mass is 256 g/mol. The largest absolute Gasteiger partial charge is 0.480 e. The number of nitrogens with zero attached hydrogens (tertiary/aromatic N) is 2. The molecule has 0 fully saturated rings. The molecular formula is C15H16N2O2. The van der Waals surface area contributed by atoms with Crippen molar-refractivity contribution in [2.24, 2.45) is 0 Å². The molecule has 0 aliphatic rings. The molecule has 0 saturated carbocycles. The van der Waals surface area contributed by atoms with Gasteiger partial charge in [0, 0.05) is 25.5 Å². The molecule has 2 rings (SSSR count). The average Bonchev–Trinajstić information content (AvgIpc) is 2.40. The maximum absolute atomic E-state index is 10.9. The summed E-state index contributed by atoms with van der Waals surface area (Å²) in [7, 11) is 0. The minimum absolute atomic E-state index is 0.0176. The van der Waals surface area contributed by atoms with Crippen LogP contribution in [0.5, 0.6) is 0 Å². The predicted molar refractivity (Wildman–Crippen MR) is 72.4 cm³/mol. The predicted octanol–water partition coefficient (Wildman–Crippen LogP) is 2.17. The van der Waals surface area contributed by atoms with Crippen LogP contribution in [0.25, 0.3) is 0 Å². The fourth-order valence-electron chi connectivity index (χ4n) is 1.95. The van der Waals surface area contributed by atoms with Crippen molar-refractivity contribution in [1.82, 2.24) is 9.88 Å². The number of rotatable bonds is 6. The van der Waals surface area contributed by atoms with E-state index >= 15 is 0 Å². The lowest BCUT2D eigenvalue weighted by Crippen LogP contribution is -2.28. The van der Waals surface area contributed by atoms with E-state index in [0.29, 0.717) is 13.1 Å². The highest BCUT2D eigenvalue weighted by Gasteiger charge is 2.11. The summed E-state index contributed by atoms with van der Waals surface area (Å²) in [5.41, 5.74) is 2.12. The van der Waals surface area contributed by atoms with Crippen molar-refractivity contribution >= 4 is 5.97 Å². The van der Waals surface area contributed by atoms with Gasteiger partial charge < -0.3 is 5.11 Å². The molecule has 0 amide bonds. The van der Waals surface area contributed by atoms with Gasteiger partial charge >= 0.3 is 5.97 Å². The van der Waals surface area contributed by atoms with Crippen LogP contribution in [0.15, 0.2) is 54.9 Å². The van der Waals surface area contributed by atoms with Crippen molar-refractivity contribution in [3.8, 4) is 0 Å². The lowest BCUT2D eigenvalue weighted by molar-refractivity contribution is -0.138. The Morgan fingerprint density at radius 3 is 2.37 bits per heavy atom. The summed E-state index contributed by atoms with van der Waals surface area (Å²) in [4.78, 5) is 16.9. The number of hydrogen-bond donors (Lipinski definition) is 1. The summed E-state index contributed by atoms with van der Waals surface area (Å²) < 4.78 is 0. The van der Waals surface area contributed by atoms with Gasteiger partial charge in [0.1, 0.15) is 0 Å². The van der Waals surface area contributed by atoms with Gasteiger partial charge in [-0.3, -0.25) is 14.7 Å². The van der Waals surface area contributed by atoms with Gasteiger partial charge in [-0.05, 0) is 17.2 Å². The fraction of sp³-hybridized carbons (Fsp3) is 0.200. The highest BCUT2D eigenvalue weighted by atomic mass is 16.4. The summed E-state index contributed by atoms with van der Waals surface area (Å²) in [5.74, 6) is -0.820. The number of aliphatic carboxylic acids is 1. The number of benzene rings is 1. The van der Waals surface area contributed by atoms with Crippen LogP contribution in [0.3, 0.4) is 0 Å². The van der Waals surface area contributed by atoms with Crippen LogP contribution in [0.2, 0.25) is 0 Å². The second kappa shape index (κ2) is 6.66. The maximum Gasteiger partial charge on any atom is 0.317 e. The van der Waals surface area contributed by atoms with Crippen LogP contribution < -0.4 is 0 Å². The number of carboxylic acid groups (broad SMARTS) is 1. The second-order valence-electron chi connectivity index (χ2n) is 4.39. The van der Waals surface area contributed by atoms with Gasteiger partial charge in [-0.25, -0.2) is 0 Å². The summed E-state index contributed by atoms with van der Waals surface area (Å²) in [5, 5.41) is 8.98. The molecular weight excluding hydrogens is 240 g/mol. The highest BCUT2D eigenvalue weighted by molar-refractivity contribution is 5.69. The molecule has 4 heteroatoms. The van der Waals surface area contributed by atoms with Gasteiger partial charge in [0.25, 0.3) is 0 Å². The molecule has 4 nitrogen and oxygen atoms in total. The lowest BCUT2D eigenvalue weighted by Gasteiger charge is -2.20. The topological polar surface area (TPSA) is 53.4 Å².